The van der Waals surface area contributed by atoms with Gasteiger partial charge < -0.3 is 39.0 Å². The molecule has 0 saturated carbocycles. The fraction of sp³-hybridized carbons (Fsp3) is 0.682. The van der Waals surface area contributed by atoms with Crippen molar-refractivity contribution in [1.82, 2.24) is 0 Å². The van der Waals surface area contributed by atoms with Gasteiger partial charge in [0, 0.05) is 7.11 Å². The molecule has 0 radical (unpaired) electrons. The maximum absolute atomic E-state index is 12.3. The Kier molecular flexibility index (Phi) is 9.67. The molecule has 3 N–H and O–H groups in total. The summed E-state index contributed by atoms with van der Waals surface area (Å²) in [5.41, 5.74) is 1.83. The van der Waals surface area contributed by atoms with Crippen LogP contribution < -0.4 is 4.74 Å². The van der Waals surface area contributed by atoms with E-state index in [2.05, 4.69) is 0 Å². The fourth-order valence-electron chi connectivity index (χ4n) is 3.47. The van der Waals surface area contributed by atoms with Gasteiger partial charge in [0.2, 0.25) is 0 Å². The Morgan fingerprint density at radius 1 is 1.06 bits per heavy atom. The van der Waals surface area contributed by atoms with Crippen molar-refractivity contribution in [2.45, 2.75) is 70.2 Å². The Labute approximate surface area is 182 Å². The molecule has 1 fully saturated rings. The van der Waals surface area contributed by atoms with Crippen molar-refractivity contribution in [3.8, 4) is 5.75 Å². The molecule has 1 aromatic carbocycles. The van der Waals surface area contributed by atoms with Gasteiger partial charge in [-0.05, 0) is 23.0 Å². The average molecular weight is 443 g/mol. The lowest BCUT2D eigenvalue weighted by Crippen LogP contribution is -2.59. The van der Waals surface area contributed by atoms with E-state index < -0.39 is 43.5 Å². The molecule has 5 unspecified atom stereocenters. The Morgan fingerprint density at radius 3 is 2.19 bits per heavy atom. The highest BCUT2D eigenvalue weighted by Gasteiger charge is 2.45. The van der Waals surface area contributed by atoms with Crippen molar-refractivity contribution in [3.63, 3.8) is 0 Å². The summed E-state index contributed by atoms with van der Waals surface area (Å²) in [5, 5.41) is 29.6. The zero-order valence-corrected chi connectivity index (χ0v) is 18.7. The normalized spacial score (nSPS) is 26.3. The second kappa shape index (κ2) is 11.8. The summed E-state index contributed by atoms with van der Waals surface area (Å²) in [6.45, 7) is 7.37. The third kappa shape index (κ3) is 6.38. The first-order valence-corrected chi connectivity index (χ1v) is 10.4. The van der Waals surface area contributed by atoms with Crippen molar-refractivity contribution in [2.75, 3.05) is 26.9 Å². The number of methoxy groups -OCH3 is 1. The van der Waals surface area contributed by atoms with E-state index in [4.69, 9.17) is 23.7 Å². The fourth-order valence-corrected chi connectivity index (χ4v) is 3.47. The summed E-state index contributed by atoms with van der Waals surface area (Å²) in [6, 6.07) is 5.78. The van der Waals surface area contributed by atoms with E-state index in [1.54, 1.807) is 0 Å². The van der Waals surface area contributed by atoms with Gasteiger partial charge in [-0.1, -0.05) is 45.9 Å². The second-order valence-corrected chi connectivity index (χ2v) is 8.05. The molecule has 0 aromatic heterocycles. The van der Waals surface area contributed by atoms with Crippen LogP contribution >= 0.6 is 0 Å². The molecule has 2 rings (SSSR count). The second-order valence-electron chi connectivity index (χ2n) is 8.05. The monoisotopic (exact) mass is 442 g/mol. The Balaban J connectivity index is 1.91. The Hall–Kier alpha value is -1.75. The van der Waals surface area contributed by atoms with E-state index in [1.807, 2.05) is 45.9 Å². The molecule has 0 bridgehead atoms. The maximum atomic E-state index is 12.3. The minimum atomic E-state index is -1.28. The first-order chi connectivity index (χ1) is 14.7. The predicted molar refractivity (Wildman–Crippen MR) is 111 cm³/mol. The molecule has 0 amide bonds. The molecule has 9 heteroatoms. The molecular weight excluding hydrogens is 408 g/mol. The van der Waals surface area contributed by atoms with Crippen LogP contribution in [0.4, 0.5) is 4.79 Å². The van der Waals surface area contributed by atoms with Gasteiger partial charge in [0.15, 0.2) is 6.29 Å². The van der Waals surface area contributed by atoms with Crippen LogP contribution in [0, 0.1) is 0 Å². The molecule has 176 valence electrons. The molecule has 5 atom stereocenters. The number of carbonyl (C=O) groups is 1. The third-order valence-electron chi connectivity index (χ3n) is 5.18. The van der Waals surface area contributed by atoms with Crippen LogP contribution in [0.5, 0.6) is 5.75 Å². The van der Waals surface area contributed by atoms with Gasteiger partial charge in [0.25, 0.3) is 0 Å². The van der Waals surface area contributed by atoms with Crippen LogP contribution in [0.1, 0.15) is 50.7 Å². The first kappa shape index (κ1) is 25.5. The number of carbonyl (C=O) groups excluding carboxylic acids is 1. The van der Waals surface area contributed by atoms with Gasteiger partial charge >= 0.3 is 6.16 Å². The van der Waals surface area contributed by atoms with E-state index >= 15 is 0 Å². The van der Waals surface area contributed by atoms with Crippen molar-refractivity contribution < 1.29 is 43.8 Å². The summed E-state index contributed by atoms with van der Waals surface area (Å²) in [5.74, 6) is 0.837. The highest BCUT2D eigenvalue weighted by Crippen LogP contribution is 2.34. The SMILES string of the molecule is COC1C(O)C(CO)OC(OCCOC(=O)Oc2c(C(C)C)cccc2C(C)C)C1O. The molecule has 1 saturated heterocycles. The number of aliphatic hydroxyl groups excluding tert-OH is 3. The van der Waals surface area contributed by atoms with Crippen molar-refractivity contribution in [3.05, 3.63) is 29.3 Å². The van der Waals surface area contributed by atoms with Gasteiger partial charge in [-0.25, -0.2) is 4.79 Å². The predicted octanol–water partition coefficient (Wildman–Crippen LogP) is 1.92. The summed E-state index contributed by atoms with van der Waals surface area (Å²) < 4.78 is 26.5. The molecule has 1 aromatic rings. The lowest BCUT2D eigenvalue weighted by atomic mass is 9.94. The van der Waals surface area contributed by atoms with Gasteiger partial charge in [0.05, 0.1) is 13.2 Å². The summed E-state index contributed by atoms with van der Waals surface area (Å²) in [6.07, 6.45) is -6.44. The van der Waals surface area contributed by atoms with Crippen LogP contribution in [-0.4, -0.2) is 79.1 Å². The topological polar surface area (TPSA) is 124 Å². The number of para-hydroxylation sites is 1. The van der Waals surface area contributed by atoms with E-state index in [0.29, 0.717) is 5.75 Å². The first-order valence-electron chi connectivity index (χ1n) is 10.4. The maximum Gasteiger partial charge on any atom is 0.513 e. The quantitative estimate of drug-likeness (QED) is 0.299. The van der Waals surface area contributed by atoms with E-state index in [9.17, 15) is 20.1 Å². The van der Waals surface area contributed by atoms with E-state index in [-0.39, 0.29) is 25.0 Å². The number of hydrogen-bond acceptors (Lipinski definition) is 9. The number of ether oxygens (including phenoxy) is 5. The summed E-state index contributed by atoms with van der Waals surface area (Å²) >= 11 is 0. The highest BCUT2D eigenvalue weighted by molar-refractivity contribution is 5.66. The lowest BCUT2D eigenvalue weighted by Gasteiger charge is -2.41. The molecule has 9 nitrogen and oxygen atoms in total. The number of aliphatic hydroxyl groups is 3. The van der Waals surface area contributed by atoms with Crippen LogP contribution in [0.15, 0.2) is 18.2 Å². The molecule has 0 spiro atoms. The smallest absolute Gasteiger partial charge is 0.432 e. The molecule has 1 heterocycles. The molecule has 1 aliphatic heterocycles. The van der Waals surface area contributed by atoms with Crippen molar-refractivity contribution >= 4 is 6.16 Å². The summed E-state index contributed by atoms with van der Waals surface area (Å²) in [4.78, 5) is 12.3. The zero-order valence-electron chi connectivity index (χ0n) is 18.7. The van der Waals surface area contributed by atoms with Crippen LogP contribution in [0.2, 0.25) is 0 Å². The van der Waals surface area contributed by atoms with Crippen LogP contribution in [-0.2, 0) is 18.9 Å². The van der Waals surface area contributed by atoms with E-state index in [1.165, 1.54) is 7.11 Å². The minimum Gasteiger partial charge on any atom is -0.432 e. The van der Waals surface area contributed by atoms with E-state index in [0.717, 1.165) is 11.1 Å². The van der Waals surface area contributed by atoms with Crippen molar-refractivity contribution in [2.24, 2.45) is 0 Å². The minimum absolute atomic E-state index is 0.0929. The van der Waals surface area contributed by atoms with Gasteiger partial charge in [-0.3, -0.25) is 0 Å². The number of rotatable bonds is 9. The average Bonchev–Trinajstić information content (AvgIpc) is 2.72. The van der Waals surface area contributed by atoms with Crippen LogP contribution in [0.25, 0.3) is 0 Å². The Bertz CT molecular complexity index is 680. The standard InChI is InChI=1S/C22H34O9/c1-12(2)14-7-6-8-15(13(3)4)19(14)31-22(26)29-10-9-28-21-18(25)20(27-5)17(24)16(11-23)30-21/h6-8,12-13,16-18,20-21,23-25H,9-11H2,1-5H3. The Morgan fingerprint density at radius 2 is 1.68 bits per heavy atom. The molecule has 0 aliphatic carbocycles. The largest absolute Gasteiger partial charge is 0.513 e. The number of hydrogen-bond donors (Lipinski definition) is 3. The third-order valence-corrected chi connectivity index (χ3v) is 5.18. The van der Waals surface area contributed by atoms with Crippen LogP contribution in [0.3, 0.4) is 0 Å². The molecule has 1 aliphatic rings. The summed E-state index contributed by atoms with van der Waals surface area (Å²) in [7, 11) is 1.33. The lowest BCUT2D eigenvalue weighted by molar-refractivity contribution is -0.305. The highest BCUT2D eigenvalue weighted by atomic mass is 16.7. The van der Waals surface area contributed by atoms with Gasteiger partial charge in [-0.15, -0.1) is 0 Å². The molecule has 31 heavy (non-hydrogen) atoms. The molecular formula is C22H34O9. The number of benzene rings is 1. The van der Waals surface area contributed by atoms with Gasteiger partial charge in [-0.2, -0.15) is 0 Å². The van der Waals surface area contributed by atoms with Gasteiger partial charge in [0.1, 0.15) is 36.8 Å². The van der Waals surface area contributed by atoms with Crippen molar-refractivity contribution in [1.29, 1.82) is 0 Å². The zero-order chi connectivity index (χ0) is 23.1.